The average molecular weight is 507 g/mol. The fourth-order valence-corrected chi connectivity index (χ4v) is 4.65. The van der Waals surface area contributed by atoms with Crippen LogP contribution in [0.2, 0.25) is 5.02 Å². The maximum Gasteiger partial charge on any atom is 0.282 e. The molecule has 2 aromatic carbocycles. The van der Waals surface area contributed by atoms with Crippen molar-refractivity contribution < 1.29 is 8.42 Å². The van der Waals surface area contributed by atoms with Crippen LogP contribution in [-0.4, -0.2) is 37.4 Å². The molecule has 12 heteroatoms. The largest absolute Gasteiger partial charge is 0.399 e. The summed E-state index contributed by atoms with van der Waals surface area (Å²) in [6, 6.07) is 17.1. The Labute approximate surface area is 206 Å². The lowest BCUT2D eigenvalue weighted by molar-refractivity contribution is 0.580. The average Bonchev–Trinajstić information content (AvgIpc) is 3.53. The lowest BCUT2D eigenvalue weighted by Gasteiger charge is -2.06. The zero-order chi connectivity index (χ0) is 24.4. The minimum Gasteiger partial charge on any atom is -0.399 e. The van der Waals surface area contributed by atoms with Crippen molar-refractivity contribution in [3.05, 3.63) is 96.0 Å². The molecule has 5 rings (SSSR count). The highest BCUT2D eigenvalue weighted by molar-refractivity contribution is 7.89. The lowest BCUT2D eigenvalue weighted by atomic mass is 10.2. The minimum atomic E-state index is -3.84. The van der Waals surface area contributed by atoms with E-state index >= 15 is 0 Å². The van der Waals surface area contributed by atoms with Crippen LogP contribution >= 0.6 is 11.6 Å². The number of aromatic nitrogens is 6. The normalized spacial score (nSPS) is 11.5. The Bertz CT molecular complexity index is 1580. The maximum absolute atomic E-state index is 12.8. The highest BCUT2D eigenvalue weighted by Gasteiger charge is 2.20. The molecule has 35 heavy (non-hydrogen) atoms. The van der Waals surface area contributed by atoms with Gasteiger partial charge in [-0.15, -0.1) is 0 Å². The van der Waals surface area contributed by atoms with Crippen molar-refractivity contribution in [3.63, 3.8) is 0 Å². The second kappa shape index (κ2) is 9.20. The molecule has 0 aliphatic rings. The molecule has 0 bridgehead atoms. The van der Waals surface area contributed by atoms with E-state index in [-0.39, 0.29) is 15.9 Å². The Morgan fingerprint density at radius 1 is 1.00 bits per heavy atom. The molecule has 0 radical (unpaired) electrons. The van der Waals surface area contributed by atoms with Crippen LogP contribution in [0.1, 0.15) is 5.56 Å². The van der Waals surface area contributed by atoms with Gasteiger partial charge in [-0.05, 0) is 35.9 Å². The van der Waals surface area contributed by atoms with E-state index in [0.29, 0.717) is 29.3 Å². The second-order valence-corrected chi connectivity index (χ2v) is 9.78. The van der Waals surface area contributed by atoms with Gasteiger partial charge in [0.2, 0.25) is 5.95 Å². The van der Waals surface area contributed by atoms with Crippen LogP contribution in [0.15, 0.2) is 90.3 Å². The van der Waals surface area contributed by atoms with Gasteiger partial charge in [0.25, 0.3) is 10.0 Å². The second-order valence-electron chi connectivity index (χ2n) is 7.57. The molecule has 176 valence electrons. The summed E-state index contributed by atoms with van der Waals surface area (Å²) < 4.78 is 28.3. The first-order valence-electron chi connectivity index (χ1n) is 10.4. The first-order valence-corrected chi connectivity index (χ1v) is 12.2. The molecule has 3 heterocycles. The molecule has 0 amide bonds. The van der Waals surface area contributed by atoms with E-state index in [1.165, 1.54) is 30.6 Å². The predicted octanol–water partition coefficient (Wildman–Crippen LogP) is 3.80. The van der Waals surface area contributed by atoms with Gasteiger partial charge in [-0.25, -0.2) is 9.97 Å². The van der Waals surface area contributed by atoms with Gasteiger partial charge in [-0.2, -0.15) is 22.7 Å². The first-order chi connectivity index (χ1) is 16.9. The Hall–Kier alpha value is -4.22. The smallest absolute Gasteiger partial charge is 0.282 e. The number of nitrogen functional groups attached to an aromatic ring is 1. The molecule has 0 fully saturated rings. The predicted molar refractivity (Wildman–Crippen MR) is 133 cm³/mol. The zero-order valence-corrected chi connectivity index (χ0v) is 19.7. The van der Waals surface area contributed by atoms with E-state index in [1.54, 1.807) is 29.1 Å². The summed E-state index contributed by atoms with van der Waals surface area (Å²) in [5, 5.41) is 11.9. The SMILES string of the molecule is Nc1ccc(Cn2cc(Nc3ncc(Cl)c(-c4ccn(S(=O)(=O)c5ccccc5)n4)n3)cn2)cc1. The molecule has 3 aromatic heterocycles. The van der Waals surface area contributed by atoms with Gasteiger partial charge >= 0.3 is 0 Å². The van der Waals surface area contributed by atoms with Crippen molar-refractivity contribution in [2.45, 2.75) is 11.4 Å². The summed E-state index contributed by atoms with van der Waals surface area (Å²) >= 11 is 6.30. The molecular weight excluding hydrogens is 488 g/mol. The van der Waals surface area contributed by atoms with Gasteiger partial charge in [0.1, 0.15) is 11.4 Å². The van der Waals surface area contributed by atoms with Gasteiger partial charge < -0.3 is 11.1 Å². The van der Waals surface area contributed by atoms with Crippen LogP contribution in [0.25, 0.3) is 11.4 Å². The molecular formula is C23H19ClN8O2S. The standard InChI is InChI=1S/C23H19ClN8O2S/c24-20-13-26-23(28-18-12-27-31(15-18)14-16-6-8-17(25)9-7-16)29-22(20)21-10-11-32(30-21)35(33,34)19-4-2-1-3-5-19/h1-13,15H,14,25H2,(H,26,28,29). The zero-order valence-electron chi connectivity index (χ0n) is 18.2. The van der Waals surface area contributed by atoms with Crippen molar-refractivity contribution >= 4 is 38.9 Å². The topological polar surface area (TPSA) is 134 Å². The third-order valence-electron chi connectivity index (χ3n) is 5.05. The molecule has 3 N–H and O–H groups in total. The molecule has 0 saturated carbocycles. The van der Waals surface area contributed by atoms with Crippen LogP contribution in [0, 0.1) is 0 Å². The fraction of sp³-hybridized carbons (Fsp3) is 0.0435. The number of nitrogens with zero attached hydrogens (tertiary/aromatic N) is 6. The van der Waals surface area contributed by atoms with Crippen LogP contribution in [-0.2, 0) is 16.6 Å². The first kappa shape index (κ1) is 22.6. The third kappa shape index (κ3) is 4.86. The quantitative estimate of drug-likeness (QED) is 0.318. The molecule has 0 aliphatic carbocycles. The van der Waals surface area contributed by atoms with Crippen molar-refractivity contribution in [2.75, 3.05) is 11.1 Å². The number of nitrogens with two attached hydrogens (primary N) is 1. The Kier molecular flexibility index (Phi) is 5.93. The molecule has 0 saturated heterocycles. The minimum absolute atomic E-state index is 0.127. The van der Waals surface area contributed by atoms with Crippen LogP contribution in [0.3, 0.4) is 0 Å². The van der Waals surface area contributed by atoms with Crippen LogP contribution in [0.4, 0.5) is 17.3 Å². The molecule has 0 unspecified atom stereocenters. The highest BCUT2D eigenvalue weighted by Crippen LogP contribution is 2.26. The number of halogens is 1. The summed E-state index contributed by atoms with van der Waals surface area (Å²) in [6.45, 7) is 0.571. The third-order valence-corrected chi connectivity index (χ3v) is 6.89. The molecule has 0 spiro atoms. The monoisotopic (exact) mass is 506 g/mol. The summed E-state index contributed by atoms with van der Waals surface area (Å²) in [5.41, 5.74) is 8.75. The number of hydrogen-bond acceptors (Lipinski definition) is 8. The van der Waals surface area contributed by atoms with Crippen LogP contribution < -0.4 is 11.1 Å². The Morgan fingerprint density at radius 2 is 1.77 bits per heavy atom. The Morgan fingerprint density at radius 3 is 2.54 bits per heavy atom. The van der Waals surface area contributed by atoms with E-state index in [0.717, 1.165) is 9.65 Å². The van der Waals surface area contributed by atoms with Gasteiger partial charge in [-0.1, -0.05) is 41.9 Å². The van der Waals surface area contributed by atoms with E-state index in [1.807, 2.05) is 30.5 Å². The summed E-state index contributed by atoms with van der Waals surface area (Å²) in [5.74, 6) is 0.261. The number of benzene rings is 2. The van der Waals surface area contributed by atoms with E-state index in [4.69, 9.17) is 17.3 Å². The Balaban J connectivity index is 1.36. The maximum atomic E-state index is 12.8. The molecule has 0 atom stereocenters. The fourth-order valence-electron chi connectivity index (χ4n) is 3.33. The summed E-state index contributed by atoms with van der Waals surface area (Å²) in [4.78, 5) is 8.77. The number of hydrogen-bond donors (Lipinski definition) is 2. The molecule has 5 aromatic rings. The number of anilines is 3. The summed E-state index contributed by atoms with van der Waals surface area (Å²) in [6.07, 6.45) is 6.24. The van der Waals surface area contributed by atoms with Gasteiger partial charge in [0.15, 0.2) is 0 Å². The van der Waals surface area contributed by atoms with Gasteiger partial charge in [0.05, 0.1) is 34.5 Å². The highest BCUT2D eigenvalue weighted by atomic mass is 35.5. The van der Waals surface area contributed by atoms with Gasteiger partial charge in [0, 0.05) is 18.1 Å². The van der Waals surface area contributed by atoms with Crippen molar-refractivity contribution in [3.8, 4) is 11.4 Å². The molecule has 0 aliphatic heterocycles. The van der Waals surface area contributed by atoms with E-state index < -0.39 is 10.0 Å². The number of rotatable bonds is 7. The van der Waals surface area contributed by atoms with Crippen molar-refractivity contribution in [1.29, 1.82) is 0 Å². The summed E-state index contributed by atoms with van der Waals surface area (Å²) in [7, 11) is -3.84. The molecule has 10 nitrogen and oxygen atoms in total. The van der Waals surface area contributed by atoms with E-state index in [2.05, 4.69) is 25.5 Å². The van der Waals surface area contributed by atoms with Crippen molar-refractivity contribution in [1.82, 2.24) is 28.9 Å². The van der Waals surface area contributed by atoms with Crippen molar-refractivity contribution in [2.24, 2.45) is 0 Å². The van der Waals surface area contributed by atoms with E-state index in [9.17, 15) is 8.42 Å². The van der Waals surface area contributed by atoms with Gasteiger partial charge in [-0.3, -0.25) is 4.68 Å². The number of nitrogens with one attached hydrogen (secondary N) is 1. The van der Waals surface area contributed by atoms with Crippen LogP contribution in [0.5, 0.6) is 0 Å². The lowest BCUT2D eigenvalue weighted by Crippen LogP contribution is -2.13.